The van der Waals surface area contributed by atoms with Gasteiger partial charge in [0.05, 0.1) is 22.1 Å². The lowest BCUT2D eigenvalue weighted by molar-refractivity contribution is 0.643. The van der Waals surface area contributed by atoms with Crippen molar-refractivity contribution in [3.05, 3.63) is 187 Å². The molecule has 1 N–H and O–H groups in total. The molecule has 0 fully saturated rings. The van der Waals surface area contributed by atoms with Gasteiger partial charge in [0.25, 0.3) is 0 Å². The minimum atomic E-state index is -0.262. The van der Waals surface area contributed by atoms with E-state index in [0.717, 1.165) is 62.4 Å². The van der Waals surface area contributed by atoms with E-state index in [0.29, 0.717) is 0 Å². The van der Waals surface area contributed by atoms with E-state index in [1.54, 1.807) is 0 Å². The molecule has 12 rings (SSSR count). The van der Waals surface area contributed by atoms with Crippen LogP contribution < -0.4 is 5.32 Å². The number of hydrogen-bond donors (Lipinski definition) is 1. The zero-order valence-corrected chi connectivity index (χ0v) is 31.6. The predicted octanol–water partition coefficient (Wildman–Crippen LogP) is 13.3. The van der Waals surface area contributed by atoms with E-state index in [-0.39, 0.29) is 12.1 Å². The molecule has 57 heavy (non-hydrogen) atoms. The Balaban J connectivity index is 0.995. The van der Waals surface area contributed by atoms with Crippen LogP contribution in [0.5, 0.6) is 0 Å². The molecule has 1 aliphatic carbocycles. The maximum atomic E-state index is 6.88. The minimum Gasteiger partial charge on any atom is -0.455 e. The maximum absolute atomic E-state index is 6.88. The summed E-state index contributed by atoms with van der Waals surface area (Å²) in [5, 5.41) is 10.9. The zero-order chi connectivity index (χ0) is 37.5. The number of benzene rings is 7. The summed E-state index contributed by atoms with van der Waals surface area (Å²) in [6, 6.07) is 54.1. The van der Waals surface area contributed by atoms with E-state index in [2.05, 4.69) is 168 Å². The fraction of sp³-hybridized carbons (Fsp3) is 0.0588. The summed E-state index contributed by atoms with van der Waals surface area (Å²) in [7, 11) is 0. The fourth-order valence-electron chi connectivity index (χ4n) is 8.94. The third-order valence-electron chi connectivity index (χ3n) is 11.6. The first-order valence-electron chi connectivity index (χ1n) is 19.5. The first kappa shape index (κ1) is 32.2. The summed E-state index contributed by atoms with van der Waals surface area (Å²) in [5.41, 5.74) is 9.66. The van der Waals surface area contributed by atoms with Crippen molar-refractivity contribution in [2.75, 3.05) is 0 Å². The molecule has 0 amide bonds. The number of nitrogens with zero attached hydrogens (tertiary/aromatic N) is 3. The average molecular weight is 751 g/mol. The predicted molar refractivity (Wildman–Crippen MR) is 239 cm³/mol. The molecule has 2 aliphatic rings. The number of aromatic nitrogens is 1. The summed E-state index contributed by atoms with van der Waals surface area (Å²) in [4.78, 5) is 10.2. The second kappa shape index (κ2) is 12.8. The molecule has 0 spiro atoms. The first-order valence-corrected chi connectivity index (χ1v) is 20.3. The van der Waals surface area contributed by atoms with Gasteiger partial charge in [-0.2, -0.15) is 0 Å². The van der Waals surface area contributed by atoms with E-state index in [4.69, 9.17) is 14.4 Å². The summed E-state index contributed by atoms with van der Waals surface area (Å²) in [6.07, 6.45) is 9.29. The van der Waals surface area contributed by atoms with E-state index < -0.39 is 0 Å². The Hall–Kier alpha value is -7.02. The van der Waals surface area contributed by atoms with Gasteiger partial charge in [0, 0.05) is 58.9 Å². The zero-order valence-electron chi connectivity index (χ0n) is 30.8. The fourth-order valence-corrected chi connectivity index (χ4v) is 10.1. The molecule has 3 aromatic heterocycles. The molecule has 2 atom stereocenters. The van der Waals surface area contributed by atoms with Crippen LogP contribution in [0.3, 0.4) is 0 Å². The van der Waals surface area contributed by atoms with E-state index in [1.165, 1.54) is 47.5 Å². The molecule has 0 bridgehead atoms. The van der Waals surface area contributed by atoms with Crippen LogP contribution in [0.1, 0.15) is 23.7 Å². The number of rotatable bonds is 5. The van der Waals surface area contributed by atoms with Gasteiger partial charge in [-0.25, -0.2) is 9.98 Å². The average Bonchev–Trinajstić information content (AvgIpc) is 3.96. The molecule has 4 heterocycles. The Morgan fingerprint density at radius 1 is 0.649 bits per heavy atom. The van der Waals surface area contributed by atoms with Gasteiger partial charge in [0.2, 0.25) is 0 Å². The third kappa shape index (κ3) is 5.07. The van der Waals surface area contributed by atoms with Crippen LogP contribution in [-0.4, -0.2) is 16.2 Å². The smallest absolute Gasteiger partial charge is 0.159 e. The normalized spacial score (nSPS) is 16.9. The van der Waals surface area contributed by atoms with Crippen LogP contribution in [0, 0.1) is 5.92 Å². The standard InChI is InChI=1S/C51H34N4OS/c1-3-14-31(15-4-1)49-52-50(32-16-5-2-6-17-32)54-51(53-49)33-28-29-45-40(30-33)38-22-12-21-37(48(38)57-45)36-20-11-23-39-46-43(26-13-27-44(46)56-47(36)39)55-41-24-9-7-18-34(41)35-19-8-10-25-42(35)55/h1-16,18-30,32,51H,17H2,(H,52,53,54). The summed E-state index contributed by atoms with van der Waals surface area (Å²) < 4.78 is 11.8. The van der Waals surface area contributed by atoms with Crippen LogP contribution in [-0.2, 0) is 0 Å². The number of fused-ring (bicyclic) bond motifs is 9. The number of nitrogens with one attached hydrogen (secondary N) is 1. The van der Waals surface area contributed by atoms with E-state index in [9.17, 15) is 0 Å². The molecular weight excluding hydrogens is 717 g/mol. The minimum absolute atomic E-state index is 0.180. The molecule has 0 saturated heterocycles. The molecule has 270 valence electrons. The van der Waals surface area contributed by atoms with Crippen LogP contribution in [0.4, 0.5) is 0 Å². The lowest BCUT2D eigenvalue weighted by Gasteiger charge is -2.27. The van der Waals surface area contributed by atoms with Crippen molar-refractivity contribution in [1.82, 2.24) is 9.88 Å². The molecule has 1 aliphatic heterocycles. The van der Waals surface area contributed by atoms with Crippen LogP contribution in [0.25, 0.3) is 80.7 Å². The van der Waals surface area contributed by atoms with Crippen molar-refractivity contribution in [2.24, 2.45) is 15.9 Å². The van der Waals surface area contributed by atoms with Crippen molar-refractivity contribution in [3.8, 4) is 16.8 Å². The van der Waals surface area contributed by atoms with Crippen molar-refractivity contribution in [1.29, 1.82) is 0 Å². The number of amidine groups is 2. The summed E-state index contributed by atoms with van der Waals surface area (Å²) >= 11 is 1.84. The highest BCUT2D eigenvalue weighted by Gasteiger charge is 2.26. The van der Waals surface area contributed by atoms with Crippen molar-refractivity contribution < 1.29 is 4.42 Å². The first-order chi connectivity index (χ1) is 28.3. The SMILES string of the molecule is C1=CCC(C2=NC(c3ccccc3)=NC(c3ccc4sc5c(-c6cccc7c6oc6cccc(-n8c9ccccc9c9ccccc98)c67)cccc5c4c3)N2)C=C1. The Labute approximate surface area is 332 Å². The number of thiophene rings is 1. The van der Waals surface area contributed by atoms with Crippen molar-refractivity contribution in [2.45, 2.75) is 12.6 Å². The van der Waals surface area contributed by atoms with Gasteiger partial charge in [0.1, 0.15) is 23.2 Å². The molecule has 0 radical (unpaired) electrons. The number of furan rings is 1. The number of allylic oxidation sites excluding steroid dienone is 3. The maximum Gasteiger partial charge on any atom is 0.159 e. The Morgan fingerprint density at radius 3 is 2.19 bits per heavy atom. The van der Waals surface area contributed by atoms with Gasteiger partial charge in [-0.3, -0.25) is 0 Å². The highest BCUT2D eigenvalue weighted by atomic mass is 32.1. The molecule has 7 aromatic carbocycles. The van der Waals surface area contributed by atoms with Crippen LogP contribution in [0.15, 0.2) is 190 Å². The molecular formula is C51H34N4OS. The Bertz CT molecular complexity index is 3320. The van der Waals surface area contributed by atoms with Gasteiger partial charge in [-0.05, 0) is 48.4 Å². The van der Waals surface area contributed by atoms with Gasteiger partial charge in [0.15, 0.2) is 5.84 Å². The molecule has 2 unspecified atom stereocenters. The second-order valence-corrected chi connectivity index (χ2v) is 15.9. The number of hydrogen-bond acceptors (Lipinski definition) is 5. The van der Waals surface area contributed by atoms with E-state index >= 15 is 0 Å². The molecule has 6 heteroatoms. The molecule has 0 saturated carbocycles. The van der Waals surface area contributed by atoms with Crippen LogP contribution in [0.2, 0.25) is 0 Å². The molecule has 5 nitrogen and oxygen atoms in total. The third-order valence-corrected chi connectivity index (χ3v) is 12.8. The highest BCUT2D eigenvalue weighted by Crippen LogP contribution is 2.45. The van der Waals surface area contributed by atoms with Gasteiger partial charge in [-0.15, -0.1) is 11.3 Å². The Kier molecular flexibility index (Phi) is 7.22. The summed E-state index contributed by atoms with van der Waals surface area (Å²) in [5.74, 6) is 1.89. The van der Waals surface area contributed by atoms with Crippen molar-refractivity contribution in [3.63, 3.8) is 0 Å². The van der Waals surface area contributed by atoms with Gasteiger partial charge >= 0.3 is 0 Å². The summed E-state index contributed by atoms with van der Waals surface area (Å²) in [6.45, 7) is 0. The molecule has 10 aromatic rings. The second-order valence-electron chi connectivity index (χ2n) is 14.9. The monoisotopic (exact) mass is 750 g/mol. The number of aliphatic imine (C=N–C) groups is 2. The largest absolute Gasteiger partial charge is 0.455 e. The lowest BCUT2D eigenvalue weighted by Crippen LogP contribution is -2.37. The van der Waals surface area contributed by atoms with Gasteiger partial charge in [-0.1, -0.05) is 140 Å². The highest BCUT2D eigenvalue weighted by molar-refractivity contribution is 7.26. The topological polar surface area (TPSA) is 54.8 Å². The van der Waals surface area contributed by atoms with Gasteiger partial charge < -0.3 is 14.3 Å². The quantitative estimate of drug-likeness (QED) is 0.190. The number of para-hydroxylation sites is 3. The lowest BCUT2D eigenvalue weighted by atomic mass is 9.97. The van der Waals surface area contributed by atoms with Crippen LogP contribution >= 0.6 is 11.3 Å². The van der Waals surface area contributed by atoms with Crippen molar-refractivity contribution >= 4 is 86.9 Å². The Morgan fingerprint density at radius 2 is 1.39 bits per heavy atom. The van der Waals surface area contributed by atoms with E-state index in [1.807, 2.05) is 29.5 Å².